The molecule has 0 amide bonds. The zero-order valence-electron chi connectivity index (χ0n) is 10.4. The van der Waals surface area contributed by atoms with E-state index in [9.17, 15) is 0 Å². The largest absolute Gasteiger partial charge is 0.500 e. The van der Waals surface area contributed by atoms with Crippen molar-refractivity contribution in [2.75, 3.05) is 34.0 Å². The van der Waals surface area contributed by atoms with E-state index < -0.39 is 8.80 Å². The Morgan fingerprint density at radius 3 is 2.13 bits per heavy atom. The minimum atomic E-state index is -2.38. The van der Waals surface area contributed by atoms with Gasteiger partial charge in [-0.1, -0.05) is 6.92 Å². The first-order valence-electron chi connectivity index (χ1n) is 5.56. The number of hydrogen-bond acceptors (Lipinski definition) is 4. The Kier molecular flexibility index (Phi) is 9.33. The molecule has 0 aliphatic carbocycles. The standard InChI is InChI=1S/C10H24O4Si/c1-5-8-13-9-7-10-15(11-3,12-4)14-6-2/h5-10H2,1-4H3. The second-order valence-electron chi connectivity index (χ2n) is 3.24. The van der Waals surface area contributed by atoms with Crippen molar-refractivity contribution in [3.05, 3.63) is 0 Å². The van der Waals surface area contributed by atoms with Gasteiger partial charge in [-0.3, -0.25) is 0 Å². The first kappa shape index (κ1) is 15.1. The van der Waals surface area contributed by atoms with Gasteiger partial charge in [-0.2, -0.15) is 0 Å². The molecule has 0 heterocycles. The van der Waals surface area contributed by atoms with E-state index in [4.69, 9.17) is 18.0 Å². The van der Waals surface area contributed by atoms with E-state index in [1.807, 2.05) is 6.92 Å². The van der Waals surface area contributed by atoms with Gasteiger partial charge < -0.3 is 18.0 Å². The van der Waals surface area contributed by atoms with Crippen LogP contribution in [0.5, 0.6) is 0 Å². The van der Waals surface area contributed by atoms with Crippen LogP contribution in [0.2, 0.25) is 6.04 Å². The van der Waals surface area contributed by atoms with Crippen molar-refractivity contribution in [3.8, 4) is 0 Å². The van der Waals surface area contributed by atoms with Crippen molar-refractivity contribution >= 4 is 8.80 Å². The van der Waals surface area contributed by atoms with E-state index in [1.165, 1.54) is 0 Å². The van der Waals surface area contributed by atoms with Crippen molar-refractivity contribution in [1.29, 1.82) is 0 Å². The van der Waals surface area contributed by atoms with Gasteiger partial charge in [0.05, 0.1) is 0 Å². The minimum absolute atomic E-state index is 0.629. The average Bonchev–Trinajstić information content (AvgIpc) is 2.27. The molecule has 0 atom stereocenters. The lowest BCUT2D eigenvalue weighted by Gasteiger charge is -2.25. The zero-order chi connectivity index (χ0) is 11.6. The molecule has 4 nitrogen and oxygen atoms in total. The van der Waals surface area contributed by atoms with E-state index in [2.05, 4.69) is 6.92 Å². The van der Waals surface area contributed by atoms with Crippen LogP contribution in [0.25, 0.3) is 0 Å². The fourth-order valence-electron chi connectivity index (χ4n) is 1.33. The first-order valence-corrected chi connectivity index (χ1v) is 7.49. The monoisotopic (exact) mass is 236 g/mol. The summed E-state index contributed by atoms with van der Waals surface area (Å²) in [5, 5.41) is 0. The van der Waals surface area contributed by atoms with E-state index in [0.29, 0.717) is 6.61 Å². The molecular formula is C10H24O4Si. The number of hydrogen-bond donors (Lipinski definition) is 0. The molecule has 0 aliphatic rings. The van der Waals surface area contributed by atoms with Gasteiger partial charge in [0, 0.05) is 40.1 Å². The highest BCUT2D eigenvalue weighted by Crippen LogP contribution is 2.15. The van der Waals surface area contributed by atoms with Gasteiger partial charge in [0.25, 0.3) is 0 Å². The van der Waals surface area contributed by atoms with Crippen molar-refractivity contribution < 1.29 is 18.0 Å². The van der Waals surface area contributed by atoms with E-state index >= 15 is 0 Å². The molecule has 0 N–H and O–H groups in total. The molecule has 0 saturated carbocycles. The highest BCUT2D eigenvalue weighted by Gasteiger charge is 2.37. The van der Waals surface area contributed by atoms with Crippen molar-refractivity contribution in [2.24, 2.45) is 0 Å². The van der Waals surface area contributed by atoms with E-state index in [1.54, 1.807) is 14.2 Å². The third-order valence-corrected chi connectivity index (χ3v) is 5.04. The fraction of sp³-hybridized carbons (Fsp3) is 1.00. The predicted molar refractivity (Wildman–Crippen MR) is 61.9 cm³/mol. The zero-order valence-corrected chi connectivity index (χ0v) is 11.4. The maximum atomic E-state index is 5.57. The fourth-order valence-corrected chi connectivity index (χ4v) is 3.31. The maximum absolute atomic E-state index is 5.57. The normalized spacial score (nSPS) is 12.0. The Morgan fingerprint density at radius 1 is 1.00 bits per heavy atom. The molecule has 0 fully saturated rings. The summed E-state index contributed by atoms with van der Waals surface area (Å²) in [4.78, 5) is 0. The smallest absolute Gasteiger partial charge is 0.381 e. The molecule has 0 aromatic heterocycles. The highest BCUT2D eigenvalue weighted by atomic mass is 28.4. The van der Waals surface area contributed by atoms with Crippen LogP contribution in [0.15, 0.2) is 0 Å². The number of rotatable bonds is 10. The molecule has 0 spiro atoms. The lowest BCUT2D eigenvalue weighted by molar-refractivity contribution is 0.0938. The summed E-state index contributed by atoms with van der Waals surface area (Å²) in [5.74, 6) is 0. The second kappa shape index (κ2) is 9.29. The molecule has 5 heteroatoms. The van der Waals surface area contributed by atoms with Gasteiger partial charge >= 0.3 is 8.80 Å². The van der Waals surface area contributed by atoms with Crippen LogP contribution in [-0.4, -0.2) is 42.8 Å². The summed E-state index contributed by atoms with van der Waals surface area (Å²) >= 11 is 0. The van der Waals surface area contributed by atoms with Gasteiger partial charge in [0.2, 0.25) is 0 Å². The number of ether oxygens (including phenoxy) is 1. The molecule has 0 unspecified atom stereocenters. The lowest BCUT2D eigenvalue weighted by atomic mass is 10.5. The van der Waals surface area contributed by atoms with Gasteiger partial charge in [0.15, 0.2) is 0 Å². The summed E-state index contributed by atoms with van der Waals surface area (Å²) in [5.41, 5.74) is 0. The van der Waals surface area contributed by atoms with Crippen LogP contribution < -0.4 is 0 Å². The minimum Gasteiger partial charge on any atom is -0.381 e. The molecule has 0 aromatic carbocycles. The van der Waals surface area contributed by atoms with Crippen LogP contribution in [-0.2, 0) is 18.0 Å². The second-order valence-corrected chi connectivity index (χ2v) is 6.21. The molecule has 0 rings (SSSR count). The van der Waals surface area contributed by atoms with E-state index in [-0.39, 0.29) is 0 Å². The van der Waals surface area contributed by atoms with Crippen LogP contribution in [0.1, 0.15) is 26.7 Å². The molecule has 0 saturated heterocycles. The molecule has 0 bridgehead atoms. The van der Waals surface area contributed by atoms with E-state index in [0.717, 1.165) is 32.1 Å². The van der Waals surface area contributed by atoms with Gasteiger partial charge in [-0.15, -0.1) is 0 Å². The predicted octanol–water partition coefficient (Wildman–Crippen LogP) is 2.07. The van der Waals surface area contributed by atoms with Crippen molar-refractivity contribution in [3.63, 3.8) is 0 Å². The molecule has 15 heavy (non-hydrogen) atoms. The Balaban J connectivity index is 3.74. The van der Waals surface area contributed by atoms with Gasteiger partial charge in [-0.05, 0) is 19.8 Å². The molecular weight excluding hydrogens is 212 g/mol. The summed E-state index contributed by atoms with van der Waals surface area (Å²) in [6.45, 7) is 6.26. The van der Waals surface area contributed by atoms with Crippen LogP contribution in [0.3, 0.4) is 0 Å². The lowest BCUT2D eigenvalue weighted by Crippen LogP contribution is -2.43. The van der Waals surface area contributed by atoms with Crippen molar-refractivity contribution in [2.45, 2.75) is 32.7 Å². The highest BCUT2D eigenvalue weighted by molar-refractivity contribution is 6.60. The summed E-state index contributed by atoms with van der Waals surface area (Å²) < 4.78 is 21.7. The Bertz CT molecular complexity index is 139. The molecule has 0 aromatic rings. The maximum Gasteiger partial charge on any atom is 0.500 e. The first-order chi connectivity index (χ1) is 7.24. The van der Waals surface area contributed by atoms with Gasteiger partial charge in [0.1, 0.15) is 0 Å². The van der Waals surface area contributed by atoms with Crippen LogP contribution in [0.4, 0.5) is 0 Å². The molecule has 92 valence electrons. The SMILES string of the molecule is CCCOCCC[Si](OC)(OC)OCC. The average molecular weight is 236 g/mol. The Hall–Kier alpha value is 0.0569. The quantitative estimate of drug-likeness (QED) is 0.430. The Labute approximate surface area is 94.2 Å². The van der Waals surface area contributed by atoms with Gasteiger partial charge in [-0.25, -0.2) is 0 Å². The Morgan fingerprint density at radius 2 is 1.67 bits per heavy atom. The summed E-state index contributed by atoms with van der Waals surface area (Å²) in [6, 6.07) is 0.817. The van der Waals surface area contributed by atoms with Crippen molar-refractivity contribution in [1.82, 2.24) is 0 Å². The van der Waals surface area contributed by atoms with Crippen LogP contribution in [0, 0.1) is 0 Å². The molecule has 0 aliphatic heterocycles. The third-order valence-electron chi connectivity index (χ3n) is 2.11. The topological polar surface area (TPSA) is 36.9 Å². The molecule has 0 radical (unpaired) electrons. The third kappa shape index (κ3) is 6.27. The summed E-state index contributed by atoms with van der Waals surface area (Å²) in [7, 11) is 0.919. The van der Waals surface area contributed by atoms with Crippen LogP contribution >= 0.6 is 0 Å². The summed E-state index contributed by atoms with van der Waals surface area (Å²) in [6.07, 6.45) is 1.98.